The molecule has 0 aliphatic rings. The van der Waals surface area contributed by atoms with Crippen molar-refractivity contribution in [2.75, 3.05) is 14.2 Å². The molecular formula is C18H18FNO2. The van der Waals surface area contributed by atoms with Crippen LogP contribution in [0.1, 0.15) is 22.6 Å². The first-order valence-electron chi connectivity index (χ1n) is 6.95. The third-order valence-electron chi connectivity index (χ3n) is 3.58. The van der Waals surface area contributed by atoms with Gasteiger partial charge in [0.2, 0.25) is 0 Å². The van der Waals surface area contributed by atoms with Crippen molar-refractivity contribution in [3.63, 3.8) is 0 Å². The molecule has 0 radical (unpaired) electrons. The summed E-state index contributed by atoms with van der Waals surface area (Å²) >= 11 is 0. The second-order valence-electron chi connectivity index (χ2n) is 5.09. The molecule has 4 heteroatoms. The highest BCUT2D eigenvalue weighted by molar-refractivity contribution is 5.44. The molecule has 0 spiro atoms. The van der Waals surface area contributed by atoms with Crippen LogP contribution in [0.2, 0.25) is 0 Å². The Labute approximate surface area is 129 Å². The SMILES string of the molecule is COc1ccc(C)cc1CC(C#N)c1cc(F)ccc1OC. The highest BCUT2D eigenvalue weighted by atomic mass is 19.1. The molecule has 114 valence electrons. The minimum atomic E-state index is -0.513. The number of nitrogens with zero attached hydrogens (tertiary/aromatic N) is 1. The van der Waals surface area contributed by atoms with Gasteiger partial charge >= 0.3 is 0 Å². The Kier molecular flexibility index (Phi) is 5.00. The average Bonchev–Trinajstić information content (AvgIpc) is 2.52. The highest BCUT2D eigenvalue weighted by Crippen LogP contribution is 2.32. The van der Waals surface area contributed by atoms with Crippen LogP contribution in [0.4, 0.5) is 4.39 Å². The van der Waals surface area contributed by atoms with Crippen LogP contribution in [0.25, 0.3) is 0 Å². The standard InChI is InChI=1S/C18H18FNO2/c1-12-4-6-17(21-2)13(8-12)9-14(11-20)16-10-15(19)5-7-18(16)22-3/h4-8,10,14H,9H2,1-3H3. The Morgan fingerprint density at radius 2 is 1.77 bits per heavy atom. The van der Waals surface area contributed by atoms with Crippen molar-refractivity contribution in [3.05, 3.63) is 58.9 Å². The van der Waals surface area contributed by atoms with Gasteiger partial charge in [0, 0.05) is 5.56 Å². The predicted octanol–water partition coefficient (Wildman–Crippen LogP) is 4.00. The van der Waals surface area contributed by atoms with Crippen LogP contribution in [-0.4, -0.2) is 14.2 Å². The summed E-state index contributed by atoms with van der Waals surface area (Å²) in [6, 6.07) is 12.3. The molecule has 1 atom stereocenters. The molecule has 0 saturated carbocycles. The van der Waals surface area contributed by atoms with Crippen LogP contribution in [0.5, 0.6) is 11.5 Å². The second kappa shape index (κ2) is 6.95. The molecule has 2 aromatic rings. The molecule has 0 aliphatic carbocycles. The van der Waals surface area contributed by atoms with E-state index in [9.17, 15) is 9.65 Å². The summed E-state index contributed by atoms with van der Waals surface area (Å²) < 4.78 is 24.1. The van der Waals surface area contributed by atoms with Crippen LogP contribution in [0.3, 0.4) is 0 Å². The van der Waals surface area contributed by atoms with E-state index in [0.717, 1.165) is 16.9 Å². The zero-order valence-electron chi connectivity index (χ0n) is 12.9. The van der Waals surface area contributed by atoms with Gasteiger partial charge in [0.1, 0.15) is 17.3 Å². The first-order valence-corrected chi connectivity index (χ1v) is 6.95. The third-order valence-corrected chi connectivity index (χ3v) is 3.58. The Hall–Kier alpha value is -2.54. The van der Waals surface area contributed by atoms with E-state index in [0.29, 0.717) is 17.7 Å². The first-order chi connectivity index (χ1) is 10.6. The molecule has 0 N–H and O–H groups in total. The fourth-order valence-corrected chi connectivity index (χ4v) is 2.49. The summed E-state index contributed by atoms with van der Waals surface area (Å²) in [5, 5.41) is 9.52. The van der Waals surface area contributed by atoms with Crippen LogP contribution < -0.4 is 9.47 Å². The fraction of sp³-hybridized carbons (Fsp3) is 0.278. The Morgan fingerprint density at radius 1 is 1.09 bits per heavy atom. The quantitative estimate of drug-likeness (QED) is 0.838. The summed E-state index contributed by atoms with van der Waals surface area (Å²) in [6.07, 6.45) is 0.432. The Morgan fingerprint density at radius 3 is 2.41 bits per heavy atom. The lowest BCUT2D eigenvalue weighted by Gasteiger charge is -2.16. The molecule has 0 aliphatic heterocycles. The second-order valence-corrected chi connectivity index (χ2v) is 5.09. The van der Waals surface area contributed by atoms with E-state index in [1.165, 1.54) is 19.2 Å². The molecule has 22 heavy (non-hydrogen) atoms. The minimum Gasteiger partial charge on any atom is -0.496 e. The predicted molar refractivity (Wildman–Crippen MR) is 82.7 cm³/mol. The highest BCUT2D eigenvalue weighted by Gasteiger charge is 2.19. The van der Waals surface area contributed by atoms with E-state index >= 15 is 0 Å². The van der Waals surface area contributed by atoms with Gasteiger partial charge in [-0.2, -0.15) is 5.26 Å². The van der Waals surface area contributed by atoms with E-state index in [-0.39, 0.29) is 5.82 Å². The van der Waals surface area contributed by atoms with Crippen molar-refractivity contribution in [1.29, 1.82) is 5.26 Å². The van der Waals surface area contributed by atoms with Crippen LogP contribution in [-0.2, 0) is 6.42 Å². The molecule has 2 rings (SSSR count). The summed E-state index contributed by atoms with van der Waals surface area (Å²) in [6.45, 7) is 1.98. The molecule has 3 nitrogen and oxygen atoms in total. The summed E-state index contributed by atoms with van der Waals surface area (Å²) in [5.41, 5.74) is 2.55. The van der Waals surface area contributed by atoms with E-state index in [1.54, 1.807) is 13.2 Å². The molecule has 2 aromatic carbocycles. The van der Waals surface area contributed by atoms with E-state index < -0.39 is 5.92 Å². The number of benzene rings is 2. The lowest BCUT2D eigenvalue weighted by molar-refractivity contribution is 0.403. The van der Waals surface area contributed by atoms with Gasteiger partial charge in [-0.15, -0.1) is 0 Å². The van der Waals surface area contributed by atoms with Gasteiger partial charge < -0.3 is 9.47 Å². The Bertz CT molecular complexity index is 707. The minimum absolute atomic E-state index is 0.382. The largest absolute Gasteiger partial charge is 0.496 e. The van der Waals surface area contributed by atoms with Gasteiger partial charge in [-0.25, -0.2) is 4.39 Å². The van der Waals surface area contributed by atoms with Crippen LogP contribution in [0.15, 0.2) is 36.4 Å². The van der Waals surface area contributed by atoms with Gasteiger partial charge in [0.15, 0.2) is 0 Å². The van der Waals surface area contributed by atoms with E-state index in [2.05, 4.69) is 6.07 Å². The average molecular weight is 299 g/mol. The maximum absolute atomic E-state index is 13.5. The molecule has 0 aromatic heterocycles. The summed E-state index contributed by atoms with van der Waals surface area (Å²) in [5.74, 6) is 0.342. The van der Waals surface area contributed by atoms with Gasteiger partial charge in [-0.1, -0.05) is 17.7 Å². The molecule has 0 bridgehead atoms. The monoisotopic (exact) mass is 299 g/mol. The lowest BCUT2D eigenvalue weighted by atomic mass is 9.91. The van der Waals surface area contributed by atoms with Crippen molar-refractivity contribution < 1.29 is 13.9 Å². The Balaban J connectivity index is 2.41. The van der Waals surface area contributed by atoms with Gasteiger partial charge in [-0.05, 0) is 43.2 Å². The zero-order chi connectivity index (χ0) is 16.1. The summed E-state index contributed by atoms with van der Waals surface area (Å²) in [4.78, 5) is 0. The molecule has 0 saturated heterocycles. The van der Waals surface area contributed by atoms with Crippen molar-refractivity contribution in [2.45, 2.75) is 19.3 Å². The van der Waals surface area contributed by atoms with Crippen molar-refractivity contribution >= 4 is 0 Å². The third kappa shape index (κ3) is 3.37. The topological polar surface area (TPSA) is 42.2 Å². The molecule has 0 fully saturated rings. The van der Waals surface area contributed by atoms with Gasteiger partial charge in [0.25, 0.3) is 0 Å². The number of halogens is 1. The number of rotatable bonds is 5. The number of methoxy groups -OCH3 is 2. The van der Waals surface area contributed by atoms with Crippen LogP contribution >= 0.6 is 0 Å². The van der Waals surface area contributed by atoms with Gasteiger partial charge in [-0.3, -0.25) is 0 Å². The van der Waals surface area contributed by atoms with E-state index in [4.69, 9.17) is 9.47 Å². The maximum atomic E-state index is 13.5. The van der Waals surface area contributed by atoms with Crippen LogP contribution in [0, 0.1) is 24.1 Å². The van der Waals surface area contributed by atoms with Gasteiger partial charge in [0.05, 0.1) is 26.2 Å². The lowest BCUT2D eigenvalue weighted by Crippen LogP contribution is -2.05. The van der Waals surface area contributed by atoms with Crippen molar-refractivity contribution in [1.82, 2.24) is 0 Å². The van der Waals surface area contributed by atoms with Crippen molar-refractivity contribution in [3.8, 4) is 17.6 Å². The molecular weight excluding hydrogens is 281 g/mol. The molecule has 1 unspecified atom stereocenters. The first kappa shape index (κ1) is 15.8. The fourth-order valence-electron chi connectivity index (χ4n) is 2.49. The van der Waals surface area contributed by atoms with E-state index in [1.807, 2.05) is 25.1 Å². The maximum Gasteiger partial charge on any atom is 0.123 e. The number of ether oxygens (including phenoxy) is 2. The van der Waals surface area contributed by atoms with Crippen molar-refractivity contribution in [2.24, 2.45) is 0 Å². The number of hydrogen-bond acceptors (Lipinski definition) is 3. The number of hydrogen-bond donors (Lipinski definition) is 0. The summed E-state index contributed by atoms with van der Waals surface area (Å²) in [7, 11) is 3.11. The molecule has 0 amide bonds. The smallest absolute Gasteiger partial charge is 0.123 e. The normalized spacial score (nSPS) is 11.6. The molecule has 0 heterocycles. The zero-order valence-corrected chi connectivity index (χ0v) is 12.9. The number of aryl methyl sites for hydroxylation is 1. The number of nitriles is 1.